The lowest BCUT2D eigenvalue weighted by Crippen LogP contribution is -2.38. The summed E-state index contributed by atoms with van der Waals surface area (Å²) < 4.78 is 0. The van der Waals surface area contributed by atoms with E-state index in [1.54, 1.807) is 11.1 Å². The number of aromatic nitrogens is 2. The number of anilines is 1. The van der Waals surface area contributed by atoms with Crippen LogP contribution in [0.25, 0.3) is 0 Å². The van der Waals surface area contributed by atoms with Crippen LogP contribution in [0.4, 0.5) is 5.69 Å². The highest BCUT2D eigenvalue weighted by Gasteiger charge is 2.29. The fourth-order valence-corrected chi connectivity index (χ4v) is 3.62. The van der Waals surface area contributed by atoms with Crippen molar-refractivity contribution in [3.05, 3.63) is 47.8 Å². The average molecular weight is 354 g/mol. The first-order valence-electron chi connectivity index (χ1n) is 9.33. The van der Waals surface area contributed by atoms with Crippen molar-refractivity contribution >= 4 is 17.5 Å². The van der Waals surface area contributed by atoms with Crippen LogP contribution in [0.3, 0.4) is 0 Å². The second-order valence-corrected chi connectivity index (χ2v) is 6.59. The third-order valence-corrected chi connectivity index (χ3v) is 5.09. The van der Waals surface area contributed by atoms with Crippen LogP contribution in [0.5, 0.6) is 0 Å². The van der Waals surface area contributed by atoms with Gasteiger partial charge in [-0.05, 0) is 31.9 Å². The maximum absolute atomic E-state index is 13.1. The second kappa shape index (κ2) is 8.17. The Hall–Kier alpha value is -2.63. The number of carbonyl (C=O) groups excluding carboxylic acids is 2. The minimum absolute atomic E-state index is 0.0329. The van der Waals surface area contributed by atoms with Gasteiger partial charge in [0.05, 0.1) is 17.5 Å². The topological polar surface area (TPSA) is 69.3 Å². The van der Waals surface area contributed by atoms with Gasteiger partial charge in [0.15, 0.2) is 0 Å². The van der Waals surface area contributed by atoms with Gasteiger partial charge in [0.25, 0.3) is 5.91 Å². The highest BCUT2D eigenvalue weighted by molar-refractivity contribution is 6.06. The van der Waals surface area contributed by atoms with Crippen molar-refractivity contribution in [2.75, 3.05) is 24.5 Å². The minimum atomic E-state index is -0.0329. The van der Waals surface area contributed by atoms with Gasteiger partial charge in [-0.2, -0.15) is 5.10 Å². The van der Waals surface area contributed by atoms with Crippen molar-refractivity contribution in [3.8, 4) is 0 Å². The zero-order valence-electron chi connectivity index (χ0n) is 15.4. The second-order valence-electron chi connectivity index (χ2n) is 6.59. The van der Waals surface area contributed by atoms with Gasteiger partial charge in [-0.3, -0.25) is 14.7 Å². The number of likely N-dealkylation sites (tertiary alicyclic amines) is 1. The van der Waals surface area contributed by atoms with E-state index >= 15 is 0 Å². The van der Waals surface area contributed by atoms with E-state index in [9.17, 15) is 9.59 Å². The van der Waals surface area contributed by atoms with Gasteiger partial charge in [-0.15, -0.1) is 0 Å². The molecule has 0 unspecified atom stereocenters. The number of carbonyl (C=O) groups is 2. The van der Waals surface area contributed by atoms with E-state index in [1.165, 1.54) is 0 Å². The van der Waals surface area contributed by atoms with Crippen LogP contribution in [-0.2, 0) is 4.79 Å². The maximum Gasteiger partial charge on any atom is 0.261 e. The molecule has 6 heteroatoms. The molecule has 2 amide bonds. The molecule has 1 aliphatic rings. The van der Waals surface area contributed by atoms with E-state index in [1.807, 2.05) is 49.1 Å². The number of nitrogens with zero attached hydrogens (tertiary/aromatic N) is 3. The van der Waals surface area contributed by atoms with Crippen molar-refractivity contribution < 1.29 is 9.59 Å². The van der Waals surface area contributed by atoms with Crippen LogP contribution >= 0.6 is 0 Å². The standard InChI is InChI=1S/C20H26N4O2/c1-3-18(25)23-12-10-15(11-13-23)19-17(14-21-22-19)20(26)24(4-2)16-8-6-5-7-9-16/h5-9,14-15H,3-4,10-13H2,1-2H3,(H,21,22). The van der Waals surface area contributed by atoms with Gasteiger partial charge in [0.1, 0.15) is 0 Å². The molecule has 2 heterocycles. The van der Waals surface area contributed by atoms with Gasteiger partial charge in [0, 0.05) is 37.7 Å². The molecule has 1 aliphatic heterocycles. The number of nitrogens with one attached hydrogen (secondary N) is 1. The summed E-state index contributed by atoms with van der Waals surface area (Å²) in [5, 5.41) is 7.19. The van der Waals surface area contributed by atoms with Crippen LogP contribution < -0.4 is 4.90 Å². The Balaban J connectivity index is 1.76. The molecule has 0 atom stereocenters. The van der Waals surface area contributed by atoms with Crippen molar-refractivity contribution in [1.29, 1.82) is 0 Å². The SMILES string of the molecule is CCC(=O)N1CCC(c2[nH]ncc2C(=O)N(CC)c2ccccc2)CC1. The van der Waals surface area contributed by atoms with Crippen molar-refractivity contribution in [3.63, 3.8) is 0 Å². The molecule has 138 valence electrons. The predicted molar refractivity (Wildman–Crippen MR) is 101 cm³/mol. The molecule has 3 rings (SSSR count). The number of benzene rings is 1. The Bertz CT molecular complexity index is 748. The molecule has 1 saturated heterocycles. The maximum atomic E-state index is 13.1. The number of amides is 2. The molecule has 0 bridgehead atoms. The highest BCUT2D eigenvalue weighted by Crippen LogP contribution is 2.30. The van der Waals surface area contributed by atoms with Crippen LogP contribution in [0.2, 0.25) is 0 Å². The fourth-order valence-electron chi connectivity index (χ4n) is 3.62. The number of piperidine rings is 1. The molecule has 1 N–H and O–H groups in total. The van der Waals surface area contributed by atoms with Crippen LogP contribution in [-0.4, -0.2) is 46.5 Å². The lowest BCUT2D eigenvalue weighted by Gasteiger charge is -2.32. The summed E-state index contributed by atoms with van der Waals surface area (Å²) in [5.74, 6) is 0.395. The van der Waals surface area contributed by atoms with Gasteiger partial charge in [-0.1, -0.05) is 25.1 Å². The molecule has 2 aromatic rings. The van der Waals surface area contributed by atoms with E-state index in [-0.39, 0.29) is 17.7 Å². The normalized spacial score (nSPS) is 15.1. The van der Waals surface area contributed by atoms with Gasteiger partial charge >= 0.3 is 0 Å². The summed E-state index contributed by atoms with van der Waals surface area (Å²) >= 11 is 0. The lowest BCUT2D eigenvalue weighted by atomic mass is 9.91. The molecule has 0 aliphatic carbocycles. The first-order chi connectivity index (χ1) is 12.7. The molecule has 0 spiro atoms. The number of H-pyrrole nitrogens is 1. The van der Waals surface area contributed by atoms with E-state index in [2.05, 4.69) is 10.2 Å². The van der Waals surface area contributed by atoms with Gasteiger partial charge < -0.3 is 9.80 Å². The third kappa shape index (κ3) is 3.64. The molecular formula is C20H26N4O2. The Morgan fingerprint density at radius 1 is 1.19 bits per heavy atom. The molecule has 0 radical (unpaired) electrons. The Morgan fingerprint density at radius 3 is 2.50 bits per heavy atom. The summed E-state index contributed by atoms with van der Waals surface area (Å²) in [6, 6.07) is 9.69. The van der Waals surface area contributed by atoms with E-state index < -0.39 is 0 Å². The number of aromatic amines is 1. The molecular weight excluding hydrogens is 328 g/mol. The summed E-state index contributed by atoms with van der Waals surface area (Å²) in [7, 11) is 0. The molecule has 26 heavy (non-hydrogen) atoms. The van der Waals surface area contributed by atoms with Crippen molar-refractivity contribution in [1.82, 2.24) is 15.1 Å². The first kappa shape index (κ1) is 18.2. The zero-order chi connectivity index (χ0) is 18.5. The van der Waals surface area contributed by atoms with Crippen LogP contribution in [0, 0.1) is 0 Å². The number of hydrogen-bond acceptors (Lipinski definition) is 3. The van der Waals surface area contributed by atoms with Gasteiger partial charge in [0.2, 0.25) is 5.91 Å². The Kier molecular flexibility index (Phi) is 5.71. The highest BCUT2D eigenvalue weighted by atomic mass is 16.2. The van der Waals surface area contributed by atoms with Crippen molar-refractivity contribution in [2.45, 2.75) is 39.0 Å². The van der Waals surface area contributed by atoms with E-state index in [0.717, 1.165) is 37.3 Å². The average Bonchev–Trinajstić information content (AvgIpc) is 3.18. The molecule has 1 aromatic heterocycles. The van der Waals surface area contributed by atoms with E-state index in [4.69, 9.17) is 0 Å². The monoisotopic (exact) mass is 354 g/mol. The molecule has 1 fully saturated rings. The largest absolute Gasteiger partial charge is 0.343 e. The summed E-state index contributed by atoms with van der Waals surface area (Å²) in [6.07, 6.45) is 3.88. The fraction of sp³-hybridized carbons (Fsp3) is 0.450. The molecule has 1 aromatic carbocycles. The number of rotatable bonds is 5. The van der Waals surface area contributed by atoms with Crippen molar-refractivity contribution in [2.24, 2.45) is 0 Å². The third-order valence-electron chi connectivity index (χ3n) is 5.09. The number of para-hydroxylation sites is 1. The molecule has 6 nitrogen and oxygen atoms in total. The first-order valence-corrected chi connectivity index (χ1v) is 9.33. The number of hydrogen-bond donors (Lipinski definition) is 1. The van der Waals surface area contributed by atoms with Crippen LogP contribution in [0.15, 0.2) is 36.5 Å². The van der Waals surface area contributed by atoms with E-state index in [0.29, 0.717) is 18.5 Å². The smallest absolute Gasteiger partial charge is 0.261 e. The van der Waals surface area contributed by atoms with Gasteiger partial charge in [-0.25, -0.2) is 0 Å². The Labute approximate surface area is 154 Å². The summed E-state index contributed by atoms with van der Waals surface area (Å²) in [4.78, 5) is 28.7. The Morgan fingerprint density at radius 2 is 1.88 bits per heavy atom. The quantitative estimate of drug-likeness (QED) is 0.896. The summed E-state index contributed by atoms with van der Waals surface area (Å²) in [5.41, 5.74) is 2.42. The lowest BCUT2D eigenvalue weighted by molar-refractivity contribution is -0.131. The minimum Gasteiger partial charge on any atom is -0.343 e. The molecule has 0 saturated carbocycles. The summed E-state index contributed by atoms with van der Waals surface area (Å²) in [6.45, 7) is 5.93. The predicted octanol–water partition coefficient (Wildman–Crippen LogP) is 3.19. The van der Waals surface area contributed by atoms with Crippen LogP contribution in [0.1, 0.15) is 55.1 Å². The zero-order valence-corrected chi connectivity index (χ0v) is 15.4.